The van der Waals surface area contributed by atoms with E-state index in [9.17, 15) is 42.3 Å². The molecular weight excluding hydrogens is 643 g/mol. The van der Waals surface area contributed by atoms with E-state index in [1.807, 2.05) is 0 Å². The fourth-order valence-electron chi connectivity index (χ4n) is 4.96. The van der Waals surface area contributed by atoms with E-state index >= 15 is 0 Å². The average molecular weight is 676 g/mol. The van der Waals surface area contributed by atoms with E-state index in [0.29, 0.717) is 6.42 Å². The number of nitrogens with zero attached hydrogens (tertiary/aromatic N) is 2. The van der Waals surface area contributed by atoms with Gasteiger partial charge in [-0.3, -0.25) is 29.0 Å². The van der Waals surface area contributed by atoms with Gasteiger partial charge in [0.05, 0.1) is 33.8 Å². The van der Waals surface area contributed by atoms with E-state index < -0.39 is 82.5 Å². The van der Waals surface area contributed by atoms with Crippen LogP contribution in [0.2, 0.25) is 10.0 Å². The van der Waals surface area contributed by atoms with Crippen LogP contribution < -0.4 is 10.0 Å². The molecule has 0 radical (unpaired) electrons. The Morgan fingerprint density at radius 1 is 1.18 bits per heavy atom. The number of ketones is 1. The number of fused-ring (bicyclic) bond motifs is 1. The number of carboxylic acid groups (broad SMARTS) is 1. The maximum atomic E-state index is 13.6. The van der Waals surface area contributed by atoms with Crippen LogP contribution in [0.3, 0.4) is 0 Å². The molecular formula is C27H32Cl2N4O10S. The lowest BCUT2D eigenvalue weighted by atomic mass is 9.94. The zero-order valence-electron chi connectivity index (χ0n) is 23.7. The third-order valence-electron chi connectivity index (χ3n) is 7.06. The number of carboxylic acids is 1. The fraction of sp³-hybridized carbons (Fsp3) is 0.481. The Morgan fingerprint density at radius 2 is 1.84 bits per heavy atom. The van der Waals surface area contributed by atoms with Gasteiger partial charge in [-0.1, -0.05) is 35.3 Å². The minimum absolute atomic E-state index is 0.0288. The molecule has 3 rings (SSSR count). The number of hydrogen-bond donors (Lipinski definition) is 3. The van der Waals surface area contributed by atoms with Crippen molar-refractivity contribution >= 4 is 68.7 Å². The van der Waals surface area contributed by atoms with Gasteiger partial charge in [0.25, 0.3) is 5.91 Å². The van der Waals surface area contributed by atoms with Crippen LogP contribution in [0.25, 0.3) is 0 Å². The van der Waals surface area contributed by atoms with Crippen LogP contribution in [0.15, 0.2) is 30.9 Å². The molecule has 0 spiro atoms. The number of allylic oxidation sites excluding steroid dienone is 1. The lowest BCUT2D eigenvalue weighted by Gasteiger charge is -2.43. The monoisotopic (exact) mass is 674 g/mol. The lowest BCUT2D eigenvalue weighted by molar-refractivity contribution is -0.176. The quantitative estimate of drug-likeness (QED) is 0.203. The molecule has 0 aliphatic carbocycles. The molecule has 1 aromatic rings. The van der Waals surface area contributed by atoms with E-state index in [2.05, 4.69) is 16.6 Å². The molecule has 4 atom stereocenters. The normalized spacial score (nSPS) is 20.2. The van der Waals surface area contributed by atoms with Crippen molar-refractivity contribution in [2.24, 2.45) is 5.92 Å². The first kappa shape index (κ1) is 35.0. The van der Waals surface area contributed by atoms with Crippen molar-refractivity contribution in [3.63, 3.8) is 0 Å². The van der Waals surface area contributed by atoms with E-state index in [-0.39, 0.29) is 47.8 Å². The highest BCUT2D eigenvalue weighted by atomic mass is 35.5. The summed E-state index contributed by atoms with van der Waals surface area (Å²) in [6.07, 6.45) is 1.79. The molecule has 14 nitrogen and oxygen atoms in total. The highest BCUT2D eigenvalue weighted by Gasteiger charge is 2.45. The zero-order chi connectivity index (χ0) is 32.8. The lowest BCUT2D eigenvalue weighted by Crippen LogP contribution is -2.64. The van der Waals surface area contributed by atoms with Crippen LogP contribution >= 0.6 is 23.2 Å². The molecule has 1 aromatic carbocycles. The molecule has 2 fully saturated rings. The minimum Gasteiger partial charge on any atom is -0.481 e. The van der Waals surface area contributed by atoms with E-state index in [0.717, 1.165) is 16.3 Å². The molecule has 0 aromatic heterocycles. The Labute approximate surface area is 263 Å². The van der Waals surface area contributed by atoms with Crippen molar-refractivity contribution in [1.82, 2.24) is 20.1 Å². The summed E-state index contributed by atoms with van der Waals surface area (Å²) in [7, 11) is -3.86. The highest BCUT2D eigenvalue weighted by Crippen LogP contribution is 2.27. The van der Waals surface area contributed by atoms with Gasteiger partial charge in [0.15, 0.2) is 12.4 Å². The topological polar surface area (TPSA) is 197 Å². The predicted molar refractivity (Wildman–Crippen MR) is 157 cm³/mol. The van der Waals surface area contributed by atoms with Crippen LogP contribution in [0.4, 0.5) is 0 Å². The van der Waals surface area contributed by atoms with Gasteiger partial charge in [-0.05, 0) is 44.2 Å². The summed E-state index contributed by atoms with van der Waals surface area (Å²) >= 11 is 12.1. The number of rotatable bonds is 13. The Bertz CT molecular complexity index is 1430. The van der Waals surface area contributed by atoms with Crippen molar-refractivity contribution < 1.29 is 47.0 Å². The highest BCUT2D eigenvalue weighted by molar-refractivity contribution is 7.88. The first-order valence-corrected chi connectivity index (χ1v) is 16.2. The number of nitrogens with one attached hydrogen (secondary N) is 2. The number of hydrogen-bond acceptors (Lipinski definition) is 9. The summed E-state index contributed by atoms with van der Waals surface area (Å²) in [5.41, 5.74) is -0.191. The van der Waals surface area contributed by atoms with Gasteiger partial charge in [-0.15, -0.1) is 6.58 Å². The number of hydrazine groups is 1. The average Bonchev–Trinajstić information content (AvgIpc) is 3.06. The summed E-state index contributed by atoms with van der Waals surface area (Å²) in [6.45, 7) is 2.74. The molecule has 1 unspecified atom stereocenters. The van der Waals surface area contributed by atoms with Gasteiger partial charge in [-0.2, -0.15) is 0 Å². The molecule has 0 saturated carbocycles. The number of ether oxygens (including phenoxy) is 1. The predicted octanol–water partition coefficient (Wildman–Crippen LogP) is 1.32. The van der Waals surface area contributed by atoms with Gasteiger partial charge in [-0.25, -0.2) is 22.9 Å². The first-order chi connectivity index (χ1) is 20.6. The number of carbonyl (C=O) groups excluding carboxylic acids is 5. The third-order valence-corrected chi connectivity index (χ3v) is 8.40. The van der Waals surface area contributed by atoms with Gasteiger partial charge < -0.3 is 15.2 Å². The molecule has 2 aliphatic rings. The summed E-state index contributed by atoms with van der Waals surface area (Å²) in [5.74, 6) is -6.55. The van der Waals surface area contributed by atoms with Crippen molar-refractivity contribution in [2.45, 2.75) is 56.7 Å². The molecule has 2 saturated heterocycles. The zero-order valence-corrected chi connectivity index (χ0v) is 26.0. The molecule has 240 valence electrons. The van der Waals surface area contributed by atoms with Gasteiger partial charge in [0.2, 0.25) is 21.8 Å². The summed E-state index contributed by atoms with van der Waals surface area (Å²) in [6, 6.07) is 0.128. The SMILES string of the molecule is C=CCC(C[C@H](NC(=O)[C@@H]1CCCN2C(=O)CC[C@H](NS(C)(=O)=O)C(=O)N12)C(=O)COC(=O)c1c(Cl)cccc1Cl)C(=O)O. The Balaban J connectivity index is 1.86. The van der Waals surface area contributed by atoms with E-state index in [1.165, 1.54) is 24.3 Å². The van der Waals surface area contributed by atoms with Gasteiger partial charge >= 0.3 is 11.9 Å². The maximum Gasteiger partial charge on any atom is 0.341 e. The number of sulfonamides is 1. The van der Waals surface area contributed by atoms with Crippen LogP contribution in [-0.2, 0) is 38.7 Å². The Hall–Kier alpha value is -3.53. The Morgan fingerprint density at radius 3 is 2.43 bits per heavy atom. The number of aliphatic carboxylic acids is 1. The second kappa shape index (κ2) is 15.0. The molecule has 3 amide bonds. The number of amides is 3. The third kappa shape index (κ3) is 8.77. The summed E-state index contributed by atoms with van der Waals surface area (Å²) in [5, 5.41) is 14.1. The second-order valence-electron chi connectivity index (χ2n) is 10.3. The van der Waals surface area contributed by atoms with Crippen LogP contribution in [0.1, 0.15) is 48.9 Å². The van der Waals surface area contributed by atoms with E-state index in [4.69, 9.17) is 27.9 Å². The van der Waals surface area contributed by atoms with Gasteiger partial charge in [0, 0.05) is 13.0 Å². The number of Topliss-reactive ketones (excluding diaryl/α,β-unsaturated/α-hetero) is 1. The molecule has 0 bridgehead atoms. The van der Waals surface area contributed by atoms with Crippen molar-refractivity contribution in [3.8, 4) is 0 Å². The number of halogens is 2. The van der Waals surface area contributed by atoms with Crippen LogP contribution in [0.5, 0.6) is 0 Å². The fourth-order valence-corrected chi connectivity index (χ4v) is 6.25. The van der Waals surface area contributed by atoms with Crippen LogP contribution in [-0.4, -0.2) is 96.5 Å². The largest absolute Gasteiger partial charge is 0.481 e. The van der Waals surface area contributed by atoms with Crippen molar-refractivity contribution in [2.75, 3.05) is 19.4 Å². The number of benzene rings is 1. The molecule has 17 heteroatoms. The standard InChI is InChI=1S/C27H32Cl2N4O10S/c1-3-6-15(26(38)39)13-19(21(34)14-43-27(40)23-16(28)7-4-8-17(23)29)30-24(36)20-9-5-12-32-22(35)11-10-18(25(37)33(20)32)31-44(2,41)42/h3-4,7-8,15,18-20,31H,1,5-6,9-14H2,2H3,(H,30,36)(H,38,39)/t15?,18-,19-,20-/m0/s1. The summed E-state index contributed by atoms with van der Waals surface area (Å²) in [4.78, 5) is 77.7. The van der Waals surface area contributed by atoms with Crippen molar-refractivity contribution in [3.05, 3.63) is 46.5 Å². The van der Waals surface area contributed by atoms with E-state index in [1.54, 1.807) is 0 Å². The Kier molecular flexibility index (Phi) is 11.9. The van der Waals surface area contributed by atoms with Crippen molar-refractivity contribution in [1.29, 1.82) is 0 Å². The maximum absolute atomic E-state index is 13.6. The summed E-state index contributed by atoms with van der Waals surface area (Å²) < 4.78 is 31.1. The molecule has 2 aliphatic heterocycles. The molecule has 44 heavy (non-hydrogen) atoms. The first-order valence-electron chi connectivity index (χ1n) is 13.5. The number of carbonyl (C=O) groups is 6. The smallest absolute Gasteiger partial charge is 0.341 e. The minimum atomic E-state index is -3.86. The molecule has 2 heterocycles. The molecule has 3 N–H and O–H groups in total. The second-order valence-corrected chi connectivity index (χ2v) is 12.9. The number of esters is 1. The van der Waals surface area contributed by atoms with Crippen LogP contribution in [0, 0.1) is 5.92 Å². The van der Waals surface area contributed by atoms with Gasteiger partial charge in [0.1, 0.15) is 12.1 Å².